The lowest BCUT2D eigenvalue weighted by atomic mass is 10.2. The zero-order chi connectivity index (χ0) is 13.1. The predicted molar refractivity (Wildman–Crippen MR) is 69.3 cm³/mol. The minimum Gasteiger partial charge on any atom is -0.397 e. The molecule has 0 aromatic carbocycles. The van der Waals surface area contributed by atoms with Gasteiger partial charge in [0.25, 0.3) is 0 Å². The lowest BCUT2D eigenvalue weighted by Gasteiger charge is -2.06. The molecule has 2 aromatic heterocycles. The lowest BCUT2D eigenvalue weighted by molar-refractivity contribution is 0.534. The number of hydrogen-bond donors (Lipinski definition) is 2. The van der Waals surface area contributed by atoms with Gasteiger partial charge in [-0.25, -0.2) is 4.98 Å². The van der Waals surface area contributed by atoms with E-state index in [4.69, 9.17) is 11.0 Å². The molecule has 0 amide bonds. The summed E-state index contributed by atoms with van der Waals surface area (Å²) in [6.45, 7) is 4.08. The maximum atomic E-state index is 9.00. The minimum absolute atomic E-state index is 0.287. The topological polar surface area (TPSA) is 92.5 Å². The van der Waals surface area contributed by atoms with Crippen LogP contribution in [0, 0.1) is 11.3 Å². The van der Waals surface area contributed by atoms with Crippen LogP contribution >= 0.6 is 0 Å². The summed E-state index contributed by atoms with van der Waals surface area (Å²) < 4.78 is 1.83. The van der Waals surface area contributed by atoms with Gasteiger partial charge in [-0.1, -0.05) is 0 Å². The van der Waals surface area contributed by atoms with Crippen molar-refractivity contribution in [2.75, 3.05) is 11.1 Å². The molecule has 0 atom stereocenters. The summed E-state index contributed by atoms with van der Waals surface area (Å²) in [4.78, 5) is 4.09. The molecule has 92 valence electrons. The number of nitrogens with zero attached hydrogens (tertiary/aromatic N) is 4. The van der Waals surface area contributed by atoms with Crippen molar-refractivity contribution in [3.63, 3.8) is 0 Å². The standard InChI is InChI=1S/C12H14N6/c1-8(2)18-4-3-11(17-18)16-12-9(6-13)5-10(14)7-15-12/h3-5,7-8H,14H2,1-2H3,(H,15,16,17). The van der Waals surface area contributed by atoms with Gasteiger partial charge in [-0.3, -0.25) is 4.68 Å². The van der Waals surface area contributed by atoms with E-state index in [-0.39, 0.29) is 6.04 Å². The molecule has 3 N–H and O–H groups in total. The Kier molecular flexibility index (Phi) is 3.15. The average molecular weight is 242 g/mol. The zero-order valence-electron chi connectivity index (χ0n) is 10.3. The highest BCUT2D eigenvalue weighted by atomic mass is 15.3. The first-order valence-corrected chi connectivity index (χ1v) is 5.58. The van der Waals surface area contributed by atoms with Crippen LogP contribution in [0.15, 0.2) is 24.5 Å². The Hall–Kier alpha value is -2.55. The summed E-state index contributed by atoms with van der Waals surface area (Å²) >= 11 is 0. The van der Waals surface area contributed by atoms with Crippen molar-refractivity contribution in [1.82, 2.24) is 14.8 Å². The summed E-state index contributed by atoms with van der Waals surface area (Å²) in [6.07, 6.45) is 3.37. The zero-order valence-corrected chi connectivity index (χ0v) is 10.3. The van der Waals surface area contributed by atoms with Crippen molar-refractivity contribution in [2.24, 2.45) is 0 Å². The van der Waals surface area contributed by atoms with Crippen molar-refractivity contribution >= 4 is 17.3 Å². The minimum atomic E-state index is 0.287. The van der Waals surface area contributed by atoms with Crippen molar-refractivity contribution in [2.45, 2.75) is 19.9 Å². The molecule has 0 radical (unpaired) electrons. The fraction of sp³-hybridized carbons (Fsp3) is 0.250. The fourth-order valence-electron chi connectivity index (χ4n) is 1.48. The van der Waals surface area contributed by atoms with Crippen LogP contribution in [-0.4, -0.2) is 14.8 Å². The second-order valence-corrected chi connectivity index (χ2v) is 4.18. The molecule has 18 heavy (non-hydrogen) atoms. The molecule has 2 heterocycles. The highest BCUT2D eigenvalue weighted by Gasteiger charge is 2.07. The molecule has 0 fully saturated rings. The third-order valence-electron chi connectivity index (χ3n) is 2.41. The Balaban J connectivity index is 2.26. The van der Waals surface area contributed by atoms with E-state index in [1.54, 1.807) is 6.07 Å². The van der Waals surface area contributed by atoms with E-state index in [1.165, 1.54) is 6.20 Å². The number of nitrogen functional groups attached to an aromatic ring is 1. The molecule has 0 aliphatic carbocycles. The summed E-state index contributed by atoms with van der Waals surface area (Å²) in [7, 11) is 0. The summed E-state index contributed by atoms with van der Waals surface area (Å²) in [5.41, 5.74) is 6.44. The van der Waals surface area contributed by atoms with Gasteiger partial charge in [0.15, 0.2) is 5.82 Å². The van der Waals surface area contributed by atoms with Crippen LogP contribution < -0.4 is 11.1 Å². The van der Waals surface area contributed by atoms with Gasteiger partial charge in [-0.15, -0.1) is 0 Å². The fourth-order valence-corrected chi connectivity index (χ4v) is 1.48. The van der Waals surface area contributed by atoms with Crippen LogP contribution in [0.3, 0.4) is 0 Å². The van der Waals surface area contributed by atoms with Gasteiger partial charge >= 0.3 is 0 Å². The monoisotopic (exact) mass is 242 g/mol. The molecule has 0 aliphatic heterocycles. The molecule has 0 saturated heterocycles. The molecule has 0 unspecified atom stereocenters. The molecule has 0 saturated carbocycles. The third-order valence-corrected chi connectivity index (χ3v) is 2.41. The first-order valence-electron chi connectivity index (χ1n) is 5.58. The van der Waals surface area contributed by atoms with Gasteiger partial charge < -0.3 is 11.1 Å². The van der Waals surface area contributed by atoms with Crippen molar-refractivity contribution in [3.05, 3.63) is 30.1 Å². The Bertz CT molecular complexity index is 593. The number of anilines is 3. The van der Waals surface area contributed by atoms with E-state index in [9.17, 15) is 0 Å². The van der Waals surface area contributed by atoms with Gasteiger partial charge in [-0.2, -0.15) is 10.4 Å². The summed E-state index contributed by atoms with van der Waals surface area (Å²) in [5, 5.41) is 16.3. The highest BCUT2D eigenvalue weighted by Crippen LogP contribution is 2.19. The Labute approximate surface area is 105 Å². The van der Waals surface area contributed by atoms with E-state index in [0.29, 0.717) is 22.9 Å². The number of pyridine rings is 1. The van der Waals surface area contributed by atoms with Crippen LogP contribution in [0.25, 0.3) is 0 Å². The Morgan fingerprint density at radius 2 is 2.28 bits per heavy atom. The average Bonchev–Trinajstić information content (AvgIpc) is 2.80. The van der Waals surface area contributed by atoms with Gasteiger partial charge in [0.2, 0.25) is 0 Å². The smallest absolute Gasteiger partial charge is 0.153 e. The quantitative estimate of drug-likeness (QED) is 0.859. The molecule has 6 heteroatoms. The van der Waals surface area contributed by atoms with Crippen LogP contribution in [0.1, 0.15) is 25.5 Å². The second kappa shape index (κ2) is 4.75. The van der Waals surface area contributed by atoms with Gasteiger partial charge in [0, 0.05) is 18.3 Å². The molecule has 2 aromatic rings. The first-order chi connectivity index (χ1) is 8.60. The molecular weight excluding hydrogens is 228 g/mol. The maximum absolute atomic E-state index is 9.00. The van der Waals surface area contributed by atoms with Crippen molar-refractivity contribution in [1.29, 1.82) is 5.26 Å². The van der Waals surface area contributed by atoms with E-state index in [2.05, 4.69) is 15.4 Å². The predicted octanol–water partition coefficient (Wildman–Crippen LogP) is 2.06. The number of nitrogens with two attached hydrogens (primary N) is 1. The summed E-state index contributed by atoms with van der Waals surface area (Å²) in [5.74, 6) is 1.11. The normalized spacial score (nSPS) is 10.3. The number of nitriles is 1. The number of rotatable bonds is 3. The van der Waals surface area contributed by atoms with Crippen LogP contribution in [0.2, 0.25) is 0 Å². The van der Waals surface area contributed by atoms with Crippen LogP contribution in [0.5, 0.6) is 0 Å². The SMILES string of the molecule is CC(C)n1ccc(Nc2ncc(N)cc2C#N)n1. The Morgan fingerprint density at radius 3 is 2.89 bits per heavy atom. The molecular formula is C12H14N6. The third kappa shape index (κ3) is 2.40. The van der Waals surface area contributed by atoms with E-state index in [0.717, 1.165) is 0 Å². The molecule has 6 nitrogen and oxygen atoms in total. The first kappa shape index (κ1) is 11.9. The van der Waals surface area contributed by atoms with E-state index < -0.39 is 0 Å². The molecule has 0 spiro atoms. The van der Waals surface area contributed by atoms with Crippen molar-refractivity contribution < 1.29 is 0 Å². The van der Waals surface area contributed by atoms with Crippen LogP contribution in [-0.2, 0) is 0 Å². The molecule has 2 rings (SSSR count). The summed E-state index contributed by atoms with van der Waals surface area (Å²) in [6, 6.07) is 5.74. The molecule has 0 aliphatic rings. The van der Waals surface area contributed by atoms with Gasteiger partial charge in [-0.05, 0) is 19.9 Å². The molecule has 0 bridgehead atoms. The van der Waals surface area contributed by atoms with E-state index in [1.807, 2.05) is 36.9 Å². The number of hydrogen-bond acceptors (Lipinski definition) is 5. The van der Waals surface area contributed by atoms with E-state index >= 15 is 0 Å². The van der Waals surface area contributed by atoms with Gasteiger partial charge in [0.1, 0.15) is 11.9 Å². The Morgan fingerprint density at radius 1 is 1.50 bits per heavy atom. The number of aromatic nitrogens is 3. The van der Waals surface area contributed by atoms with Crippen LogP contribution in [0.4, 0.5) is 17.3 Å². The maximum Gasteiger partial charge on any atom is 0.153 e. The number of nitrogens with one attached hydrogen (secondary N) is 1. The second-order valence-electron chi connectivity index (χ2n) is 4.18. The largest absolute Gasteiger partial charge is 0.397 e. The van der Waals surface area contributed by atoms with Crippen molar-refractivity contribution in [3.8, 4) is 6.07 Å². The lowest BCUT2D eigenvalue weighted by Crippen LogP contribution is -2.03. The highest BCUT2D eigenvalue weighted by molar-refractivity contribution is 5.62. The van der Waals surface area contributed by atoms with Gasteiger partial charge in [0.05, 0.1) is 17.4 Å².